The molecule has 3 unspecified atom stereocenters. The lowest BCUT2D eigenvalue weighted by Gasteiger charge is -2.38. The first kappa shape index (κ1) is 8.45. The van der Waals surface area contributed by atoms with Gasteiger partial charge in [0, 0.05) is 6.92 Å². The van der Waals surface area contributed by atoms with Gasteiger partial charge in [-0.15, -0.1) is 0 Å². The standard InChI is InChI=1S/C6H10O5/c1-3(8)10-6-5(9)4(2-7)11-6/h4-7,9H,2H2,1H3. The fourth-order valence-corrected chi connectivity index (χ4v) is 0.831. The van der Waals surface area contributed by atoms with Crippen LogP contribution in [0.1, 0.15) is 6.92 Å². The molecule has 0 saturated carbocycles. The number of esters is 1. The van der Waals surface area contributed by atoms with Crippen LogP contribution in [0.2, 0.25) is 0 Å². The van der Waals surface area contributed by atoms with E-state index in [1.807, 2.05) is 0 Å². The number of aliphatic hydroxyl groups is 2. The normalized spacial score (nSPS) is 36.1. The van der Waals surface area contributed by atoms with Crippen molar-refractivity contribution in [1.82, 2.24) is 0 Å². The smallest absolute Gasteiger partial charge is 0.305 e. The Morgan fingerprint density at radius 1 is 1.73 bits per heavy atom. The zero-order valence-corrected chi connectivity index (χ0v) is 6.06. The Morgan fingerprint density at radius 3 is 2.73 bits per heavy atom. The van der Waals surface area contributed by atoms with Crippen molar-refractivity contribution in [2.75, 3.05) is 6.61 Å². The lowest BCUT2D eigenvalue weighted by atomic mass is 10.1. The van der Waals surface area contributed by atoms with Crippen molar-refractivity contribution in [2.24, 2.45) is 0 Å². The third-order valence-electron chi connectivity index (χ3n) is 1.43. The number of rotatable bonds is 2. The van der Waals surface area contributed by atoms with E-state index in [2.05, 4.69) is 4.74 Å². The minimum absolute atomic E-state index is 0.265. The van der Waals surface area contributed by atoms with Gasteiger partial charge in [0.15, 0.2) is 0 Å². The molecule has 2 N–H and O–H groups in total. The monoisotopic (exact) mass is 162 g/mol. The largest absolute Gasteiger partial charge is 0.433 e. The molecule has 0 aromatic heterocycles. The van der Waals surface area contributed by atoms with Gasteiger partial charge in [0.05, 0.1) is 6.61 Å². The Morgan fingerprint density at radius 2 is 2.36 bits per heavy atom. The van der Waals surface area contributed by atoms with E-state index in [1.54, 1.807) is 0 Å². The molecule has 64 valence electrons. The number of carbonyl (C=O) groups excluding carboxylic acids is 1. The maximum atomic E-state index is 10.3. The summed E-state index contributed by atoms with van der Waals surface area (Å²) < 4.78 is 9.28. The van der Waals surface area contributed by atoms with Crippen LogP contribution >= 0.6 is 0 Å². The quantitative estimate of drug-likeness (QED) is 0.490. The molecule has 0 aliphatic carbocycles. The molecule has 1 aliphatic rings. The van der Waals surface area contributed by atoms with E-state index in [4.69, 9.17) is 14.9 Å². The van der Waals surface area contributed by atoms with Gasteiger partial charge in [0.2, 0.25) is 6.29 Å². The minimum Gasteiger partial charge on any atom is -0.433 e. The van der Waals surface area contributed by atoms with E-state index in [-0.39, 0.29) is 6.61 Å². The van der Waals surface area contributed by atoms with Crippen LogP contribution in [0, 0.1) is 0 Å². The van der Waals surface area contributed by atoms with Crippen molar-refractivity contribution in [1.29, 1.82) is 0 Å². The van der Waals surface area contributed by atoms with Gasteiger partial charge in [-0.3, -0.25) is 4.79 Å². The maximum absolute atomic E-state index is 10.3. The van der Waals surface area contributed by atoms with Gasteiger partial charge >= 0.3 is 5.97 Å². The lowest BCUT2D eigenvalue weighted by Crippen LogP contribution is -2.57. The first-order valence-electron chi connectivity index (χ1n) is 3.26. The van der Waals surface area contributed by atoms with Crippen molar-refractivity contribution < 1.29 is 24.5 Å². The van der Waals surface area contributed by atoms with Crippen LogP contribution in [0.3, 0.4) is 0 Å². The summed E-state index contributed by atoms with van der Waals surface area (Å²) in [6.07, 6.45) is -2.41. The van der Waals surface area contributed by atoms with Crippen molar-refractivity contribution in [3.05, 3.63) is 0 Å². The van der Waals surface area contributed by atoms with E-state index in [9.17, 15) is 4.79 Å². The van der Waals surface area contributed by atoms with Crippen LogP contribution < -0.4 is 0 Å². The molecule has 11 heavy (non-hydrogen) atoms. The molecule has 0 aromatic rings. The molecule has 5 heteroatoms. The molecule has 0 radical (unpaired) electrons. The number of hydrogen-bond acceptors (Lipinski definition) is 5. The number of hydrogen-bond donors (Lipinski definition) is 2. The van der Waals surface area contributed by atoms with Crippen molar-refractivity contribution in [3.8, 4) is 0 Å². The second-order valence-electron chi connectivity index (χ2n) is 2.33. The highest BCUT2D eigenvalue weighted by Gasteiger charge is 2.43. The van der Waals surface area contributed by atoms with Crippen LogP contribution in [-0.4, -0.2) is 41.3 Å². The summed E-state index contributed by atoms with van der Waals surface area (Å²) in [7, 11) is 0. The molecule has 1 heterocycles. The molecule has 0 aromatic carbocycles. The van der Waals surface area contributed by atoms with Gasteiger partial charge in [-0.05, 0) is 0 Å². The summed E-state index contributed by atoms with van der Waals surface area (Å²) in [5, 5.41) is 17.5. The topological polar surface area (TPSA) is 76.0 Å². The molecule has 3 atom stereocenters. The Bertz CT molecular complexity index is 157. The van der Waals surface area contributed by atoms with E-state index in [0.717, 1.165) is 0 Å². The predicted octanol–water partition coefficient (Wildman–Crippen LogP) is -1.37. The average molecular weight is 162 g/mol. The second kappa shape index (κ2) is 3.17. The fraction of sp³-hybridized carbons (Fsp3) is 0.833. The van der Waals surface area contributed by atoms with Crippen LogP contribution in [0.5, 0.6) is 0 Å². The van der Waals surface area contributed by atoms with Gasteiger partial charge in [-0.1, -0.05) is 0 Å². The average Bonchev–Trinajstić information content (AvgIpc) is 1.96. The maximum Gasteiger partial charge on any atom is 0.305 e. The van der Waals surface area contributed by atoms with Crippen molar-refractivity contribution >= 4 is 5.97 Å². The molecule has 0 bridgehead atoms. The molecule has 1 aliphatic heterocycles. The summed E-state index contributed by atoms with van der Waals surface area (Å²) in [6, 6.07) is 0. The van der Waals surface area contributed by atoms with E-state index in [1.165, 1.54) is 6.92 Å². The van der Waals surface area contributed by atoms with Gasteiger partial charge in [0.1, 0.15) is 12.2 Å². The summed E-state index contributed by atoms with van der Waals surface area (Å²) in [5.74, 6) is -0.509. The van der Waals surface area contributed by atoms with E-state index < -0.39 is 24.5 Å². The van der Waals surface area contributed by atoms with E-state index in [0.29, 0.717) is 0 Å². The molecule has 1 saturated heterocycles. The fourth-order valence-electron chi connectivity index (χ4n) is 0.831. The number of carbonyl (C=O) groups is 1. The lowest BCUT2D eigenvalue weighted by molar-refractivity contribution is -0.316. The second-order valence-corrected chi connectivity index (χ2v) is 2.33. The van der Waals surface area contributed by atoms with Gasteiger partial charge in [0.25, 0.3) is 0 Å². The van der Waals surface area contributed by atoms with Crippen LogP contribution in [-0.2, 0) is 14.3 Å². The zero-order chi connectivity index (χ0) is 8.43. The number of aliphatic hydroxyl groups excluding tert-OH is 2. The summed E-state index contributed by atoms with van der Waals surface area (Å²) in [5.41, 5.74) is 0. The molecular weight excluding hydrogens is 152 g/mol. The van der Waals surface area contributed by atoms with Crippen LogP contribution in [0.25, 0.3) is 0 Å². The van der Waals surface area contributed by atoms with Gasteiger partial charge in [-0.2, -0.15) is 0 Å². The van der Waals surface area contributed by atoms with Gasteiger partial charge in [-0.25, -0.2) is 0 Å². The molecule has 1 fully saturated rings. The predicted molar refractivity (Wildman–Crippen MR) is 33.5 cm³/mol. The van der Waals surface area contributed by atoms with Crippen molar-refractivity contribution in [3.63, 3.8) is 0 Å². The Labute approximate surface area is 63.5 Å². The molecule has 0 amide bonds. The molecule has 0 spiro atoms. The highest BCUT2D eigenvalue weighted by molar-refractivity contribution is 5.66. The SMILES string of the molecule is CC(=O)OC1OC(CO)C1O. The third-order valence-corrected chi connectivity index (χ3v) is 1.43. The Hall–Kier alpha value is -0.650. The van der Waals surface area contributed by atoms with Crippen LogP contribution in [0.15, 0.2) is 0 Å². The molecule has 5 nitrogen and oxygen atoms in total. The highest BCUT2D eigenvalue weighted by Crippen LogP contribution is 2.21. The summed E-state index contributed by atoms with van der Waals surface area (Å²) in [6.45, 7) is 0.960. The minimum atomic E-state index is -0.899. The third kappa shape index (κ3) is 1.68. The van der Waals surface area contributed by atoms with Crippen molar-refractivity contribution in [2.45, 2.75) is 25.4 Å². The molecular formula is C6H10O5. The summed E-state index contributed by atoms with van der Waals surface area (Å²) >= 11 is 0. The van der Waals surface area contributed by atoms with Crippen LogP contribution in [0.4, 0.5) is 0 Å². The Balaban J connectivity index is 2.27. The molecule has 1 rings (SSSR count). The number of ether oxygens (including phenoxy) is 2. The zero-order valence-electron chi connectivity index (χ0n) is 6.06. The van der Waals surface area contributed by atoms with E-state index >= 15 is 0 Å². The van der Waals surface area contributed by atoms with Gasteiger partial charge < -0.3 is 19.7 Å². The first-order chi connectivity index (χ1) is 5.15. The summed E-state index contributed by atoms with van der Waals surface area (Å²) in [4.78, 5) is 10.3. The highest BCUT2D eigenvalue weighted by atomic mass is 16.7. The first-order valence-corrected chi connectivity index (χ1v) is 3.26. The Kier molecular flexibility index (Phi) is 2.43.